The molecule has 4 rings (SSSR count). The van der Waals surface area contributed by atoms with E-state index < -0.39 is 14.9 Å². The number of rotatable bonds is 7. The maximum Gasteiger partial charge on any atom is 0.273 e. The normalized spacial score (nSPS) is 16.9. The number of nitrogens with one attached hydrogen (secondary N) is 1. The van der Waals surface area contributed by atoms with Gasteiger partial charge < -0.3 is 0 Å². The van der Waals surface area contributed by atoms with Gasteiger partial charge in [-0.3, -0.25) is 15.0 Å². The summed E-state index contributed by atoms with van der Waals surface area (Å²) < 4.78 is 30.3. The van der Waals surface area contributed by atoms with Crippen molar-refractivity contribution in [3.05, 3.63) is 81.2 Å². The number of aryl methyl sites for hydroxylation is 2. The smallest absolute Gasteiger partial charge is 0.273 e. The lowest BCUT2D eigenvalue weighted by molar-refractivity contribution is -0.385. The van der Waals surface area contributed by atoms with Crippen LogP contribution < -0.4 is 4.72 Å². The van der Waals surface area contributed by atoms with E-state index in [0.29, 0.717) is 25.1 Å². The van der Waals surface area contributed by atoms with Gasteiger partial charge in [0.25, 0.3) is 5.69 Å². The van der Waals surface area contributed by atoms with Crippen LogP contribution in [-0.4, -0.2) is 47.2 Å². The Morgan fingerprint density at radius 2 is 1.88 bits per heavy atom. The van der Waals surface area contributed by atoms with Gasteiger partial charge in [0.15, 0.2) is 0 Å². The largest absolute Gasteiger partial charge is 0.297 e. The highest BCUT2D eigenvalue weighted by atomic mass is 32.2. The lowest BCUT2D eigenvalue weighted by Crippen LogP contribution is -2.37. The predicted octanol–water partition coefficient (Wildman–Crippen LogP) is 3.26. The molecule has 9 nitrogen and oxygen atoms in total. The number of nitro groups is 1. The van der Waals surface area contributed by atoms with Gasteiger partial charge in [0.05, 0.1) is 21.2 Å². The second kappa shape index (κ2) is 9.05. The molecule has 0 saturated carbocycles. The topological polar surface area (TPSA) is 110 Å². The number of sulfonamides is 1. The predicted molar refractivity (Wildman–Crippen MR) is 125 cm³/mol. The molecule has 0 bridgehead atoms. The first-order chi connectivity index (χ1) is 15.7. The highest BCUT2D eigenvalue weighted by Crippen LogP contribution is 2.24. The summed E-state index contributed by atoms with van der Waals surface area (Å²) in [7, 11) is -3.86. The zero-order valence-corrected chi connectivity index (χ0v) is 19.7. The Morgan fingerprint density at radius 1 is 1.15 bits per heavy atom. The summed E-state index contributed by atoms with van der Waals surface area (Å²) in [5.74, 6) is 0. The third-order valence-corrected chi connectivity index (χ3v) is 7.62. The standard InChI is InChI=1S/C23H27N5O4S/c1-16-9-10-21(13-23(16)28(29)30)33(31,32)25-19-11-12-26(14-19)15-22-17(2)24-27(18(22)3)20-7-5-4-6-8-20/h4-10,13,19,25H,11-12,14-15H2,1-3H3. The molecule has 1 atom stereocenters. The van der Waals surface area contributed by atoms with Gasteiger partial charge in [-0.1, -0.05) is 24.3 Å². The maximum atomic E-state index is 12.8. The minimum Gasteiger partial charge on any atom is -0.297 e. The summed E-state index contributed by atoms with van der Waals surface area (Å²) >= 11 is 0. The van der Waals surface area contributed by atoms with E-state index in [2.05, 4.69) is 9.62 Å². The van der Waals surface area contributed by atoms with Crippen molar-refractivity contribution in [1.29, 1.82) is 0 Å². The summed E-state index contributed by atoms with van der Waals surface area (Å²) in [6, 6.07) is 13.7. The molecule has 1 fully saturated rings. The van der Waals surface area contributed by atoms with Crippen LogP contribution in [0.4, 0.5) is 5.69 Å². The van der Waals surface area contributed by atoms with Crippen molar-refractivity contribution in [1.82, 2.24) is 19.4 Å². The number of aromatic nitrogens is 2. The van der Waals surface area contributed by atoms with Crippen molar-refractivity contribution in [3.63, 3.8) is 0 Å². The minimum atomic E-state index is -3.86. The Bertz CT molecular complexity index is 1290. The Balaban J connectivity index is 1.45. The van der Waals surface area contributed by atoms with Gasteiger partial charge in [-0.25, -0.2) is 17.8 Å². The fourth-order valence-corrected chi connectivity index (χ4v) is 5.54. The molecule has 33 heavy (non-hydrogen) atoms. The van der Waals surface area contributed by atoms with Crippen LogP contribution in [0.2, 0.25) is 0 Å². The minimum absolute atomic E-state index is 0.0888. The SMILES string of the molecule is Cc1ccc(S(=O)(=O)NC2CCN(Cc3c(C)nn(-c4ccccc4)c3C)C2)cc1[N+](=O)[O-]. The monoisotopic (exact) mass is 469 g/mol. The Kier molecular flexibility index (Phi) is 6.33. The Morgan fingerprint density at radius 3 is 2.58 bits per heavy atom. The van der Waals surface area contributed by atoms with Crippen molar-refractivity contribution in [2.75, 3.05) is 13.1 Å². The van der Waals surface area contributed by atoms with Crippen LogP contribution >= 0.6 is 0 Å². The average Bonchev–Trinajstić information content (AvgIpc) is 3.33. The molecule has 1 N–H and O–H groups in total. The molecule has 1 saturated heterocycles. The summed E-state index contributed by atoms with van der Waals surface area (Å²) in [5, 5.41) is 15.9. The fraction of sp³-hybridized carbons (Fsp3) is 0.348. The van der Waals surface area contributed by atoms with E-state index in [1.165, 1.54) is 12.1 Å². The summed E-state index contributed by atoms with van der Waals surface area (Å²) in [6.07, 6.45) is 0.665. The molecule has 1 unspecified atom stereocenters. The molecule has 1 aliphatic heterocycles. The molecule has 10 heteroatoms. The van der Waals surface area contributed by atoms with Gasteiger partial charge in [0.1, 0.15) is 0 Å². The third kappa shape index (κ3) is 4.82. The molecule has 0 amide bonds. The lowest BCUT2D eigenvalue weighted by atomic mass is 10.2. The zero-order valence-electron chi connectivity index (χ0n) is 18.9. The van der Waals surface area contributed by atoms with E-state index >= 15 is 0 Å². The number of likely N-dealkylation sites (tertiary alicyclic amines) is 1. The number of hydrogen-bond acceptors (Lipinski definition) is 6. The van der Waals surface area contributed by atoms with E-state index in [4.69, 9.17) is 5.10 Å². The van der Waals surface area contributed by atoms with E-state index in [0.717, 1.165) is 35.2 Å². The van der Waals surface area contributed by atoms with Crippen LogP contribution in [0.1, 0.15) is 28.9 Å². The first-order valence-electron chi connectivity index (χ1n) is 10.8. The highest BCUT2D eigenvalue weighted by Gasteiger charge is 2.29. The quantitative estimate of drug-likeness (QED) is 0.420. The Hall–Kier alpha value is -3.08. The molecular formula is C23H27N5O4S. The zero-order chi connectivity index (χ0) is 23.8. The molecule has 1 aromatic heterocycles. The number of para-hydroxylation sites is 1. The van der Waals surface area contributed by atoms with Gasteiger partial charge in [0, 0.05) is 48.6 Å². The van der Waals surface area contributed by atoms with Crippen LogP contribution in [0.15, 0.2) is 53.4 Å². The number of nitrogens with zero attached hydrogens (tertiary/aromatic N) is 4. The first kappa shape index (κ1) is 23.1. The summed E-state index contributed by atoms with van der Waals surface area (Å²) in [5.41, 5.74) is 4.38. The molecule has 2 aromatic carbocycles. The lowest BCUT2D eigenvalue weighted by Gasteiger charge is -2.17. The van der Waals surface area contributed by atoms with Crippen molar-refractivity contribution in [3.8, 4) is 5.69 Å². The Labute approximate surface area is 193 Å². The molecular weight excluding hydrogens is 442 g/mol. The van der Waals surface area contributed by atoms with E-state index in [-0.39, 0.29) is 16.6 Å². The van der Waals surface area contributed by atoms with Crippen LogP contribution in [0.25, 0.3) is 5.69 Å². The van der Waals surface area contributed by atoms with Crippen molar-refractivity contribution in [2.24, 2.45) is 0 Å². The van der Waals surface area contributed by atoms with E-state index in [1.54, 1.807) is 6.92 Å². The first-order valence-corrected chi connectivity index (χ1v) is 12.2. The second-order valence-electron chi connectivity index (χ2n) is 8.44. The second-order valence-corrected chi connectivity index (χ2v) is 10.2. The number of nitro benzene ring substituents is 1. The van der Waals surface area contributed by atoms with E-state index in [9.17, 15) is 18.5 Å². The van der Waals surface area contributed by atoms with Crippen molar-refractivity contribution in [2.45, 2.75) is 44.7 Å². The van der Waals surface area contributed by atoms with Crippen molar-refractivity contribution < 1.29 is 13.3 Å². The van der Waals surface area contributed by atoms with Gasteiger partial charge in [-0.2, -0.15) is 5.10 Å². The van der Waals surface area contributed by atoms with E-state index in [1.807, 2.05) is 48.9 Å². The highest BCUT2D eigenvalue weighted by molar-refractivity contribution is 7.89. The van der Waals surface area contributed by atoms with Crippen LogP contribution in [0.3, 0.4) is 0 Å². The van der Waals surface area contributed by atoms with Gasteiger partial charge >= 0.3 is 0 Å². The molecule has 0 aliphatic carbocycles. The van der Waals surface area contributed by atoms with Crippen LogP contribution in [0, 0.1) is 30.9 Å². The molecule has 3 aromatic rings. The van der Waals surface area contributed by atoms with Gasteiger partial charge in [0.2, 0.25) is 10.0 Å². The number of benzene rings is 2. The molecule has 1 aliphatic rings. The van der Waals surface area contributed by atoms with Crippen molar-refractivity contribution >= 4 is 15.7 Å². The summed E-state index contributed by atoms with van der Waals surface area (Å²) in [6.45, 7) is 7.60. The molecule has 0 radical (unpaired) electrons. The summed E-state index contributed by atoms with van der Waals surface area (Å²) in [4.78, 5) is 12.7. The molecule has 0 spiro atoms. The average molecular weight is 470 g/mol. The van der Waals surface area contributed by atoms with Gasteiger partial charge in [-0.05, 0) is 45.4 Å². The molecule has 174 valence electrons. The van der Waals surface area contributed by atoms with Gasteiger partial charge in [-0.15, -0.1) is 0 Å². The number of hydrogen-bond donors (Lipinski definition) is 1. The molecule has 2 heterocycles. The third-order valence-electron chi connectivity index (χ3n) is 6.11. The van der Waals surface area contributed by atoms with Crippen LogP contribution in [-0.2, 0) is 16.6 Å². The van der Waals surface area contributed by atoms with Crippen LogP contribution in [0.5, 0.6) is 0 Å². The maximum absolute atomic E-state index is 12.8. The fourth-order valence-electron chi connectivity index (χ4n) is 4.26.